The third-order valence-electron chi connectivity index (χ3n) is 4.06. The molecule has 0 saturated heterocycles. The second-order valence-electron chi connectivity index (χ2n) is 5.62. The molecule has 3 aromatic rings. The molecule has 0 aliphatic carbocycles. The number of carbonyl (C=O) groups excluding carboxylic acids is 2. The number of nitrogens with zero attached hydrogens (tertiary/aromatic N) is 2. The first-order valence-electron chi connectivity index (χ1n) is 7.62. The van der Waals surface area contributed by atoms with Gasteiger partial charge in [-0.05, 0) is 19.1 Å². The van der Waals surface area contributed by atoms with Crippen molar-refractivity contribution in [1.82, 2.24) is 9.88 Å². The van der Waals surface area contributed by atoms with Gasteiger partial charge in [0.1, 0.15) is 5.01 Å². The molecule has 4 rings (SSSR count). The van der Waals surface area contributed by atoms with Crippen LogP contribution in [0.2, 0.25) is 0 Å². The molecule has 0 spiro atoms. The van der Waals surface area contributed by atoms with E-state index in [9.17, 15) is 9.59 Å². The number of amides is 2. The molecule has 24 heavy (non-hydrogen) atoms. The SMILES string of the molecule is Cc1sc(CN2C(=O)c3ccccc3C2=O)nc1-c1ccccc1. The van der Waals surface area contributed by atoms with Gasteiger partial charge in [-0.1, -0.05) is 42.5 Å². The molecule has 0 fully saturated rings. The van der Waals surface area contributed by atoms with Crippen LogP contribution < -0.4 is 0 Å². The number of hydrogen-bond donors (Lipinski definition) is 0. The Kier molecular flexibility index (Phi) is 3.50. The van der Waals surface area contributed by atoms with Gasteiger partial charge in [0.2, 0.25) is 0 Å². The first kappa shape index (κ1) is 14.8. The minimum Gasteiger partial charge on any atom is -0.269 e. The molecule has 2 aromatic carbocycles. The Hall–Kier alpha value is -2.79. The highest BCUT2D eigenvalue weighted by Gasteiger charge is 2.35. The lowest BCUT2D eigenvalue weighted by Gasteiger charge is -2.11. The van der Waals surface area contributed by atoms with Crippen LogP contribution in [0.4, 0.5) is 0 Å². The number of carbonyl (C=O) groups is 2. The Morgan fingerprint density at radius 3 is 2.12 bits per heavy atom. The van der Waals surface area contributed by atoms with Crippen molar-refractivity contribution in [2.75, 3.05) is 0 Å². The lowest BCUT2D eigenvalue weighted by Crippen LogP contribution is -2.29. The van der Waals surface area contributed by atoms with E-state index in [0.29, 0.717) is 11.1 Å². The molecule has 1 aliphatic heterocycles. The van der Waals surface area contributed by atoms with Crippen LogP contribution in [0.3, 0.4) is 0 Å². The van der Waals surface area contributed by atoms with E-state index in [2.05, 4.69) is 4.98 Å². The number of rotatable bonds is 3. The lowest BCUT2D eigenvalue weighted by molar-refractivity contribution is 0.0642. The van der Waals surface area contributed by atoms with Gasteiger partial charge in [0, 0.05) is 10.4 Å². The zero-order valence-corrected chi connectivity index (χ0v) is 13.8. The van der Waals surface area contributed by atoms with Crippen molar-refractivity contribution in [3.63, 3.8) is 0 Å². The summed E-state index contributed by atoms with van der Waals surface area (Å²) in [4.78, 5) is 31.9. The number of fused-ring (bicyclic) bond motifs is 1. The number of hydrogen-bond acceptors (Lipinski definition) is 4. The summed E-state index contributed by atoms with van der Waals surface area (Å²) in [5, 5.41) is 0.765. The molecule has 0 saturated carbocycles. The minimum atomic E-state index is -0.246. The van der Waals surface area contributed by atoms with Crippen LogP contribution in [-0.4, -0.2) is 21.7 Å². The molecule has 0 atom stereocenters. The van der Waals surface area contributed by atoms with Gasteiger partial charge in [0.15, 0.2) is 0 Å². The number of benzene rings is 2. The summed E-state index contributed by atoms with van der Waals surface area (Å²) in [7, 11) is 0. The van der Waals surface area contributed by atoms with Gasteiger partial charge >= 0.3 is 0 Å². The van der Waals surface area contributed by atoms with Gasteiger partial charge in [-0.3, -0.25) is 14.5 Å². The van der Waals surface area contributed by atoms with Crippen molar-refractivity contribution < 1.29 is 9.59 Å². The van der Waals surface area contributed by atoms with E-state index < -0.39 is 0 Å². The van der Waals surface area contributed by atoms with E-state index in [-0.39, 0.29) is 18.4 Å². The van der Waals surface area contributed by atoms with Crippen LogP contribution in [0.25, 0.3) is 11.3 Å². The van der Waals surface area contributed by atoms with Gasteiger partial charge in [0.05, 0.1) is 23.4 Å². The van der Waals surface area contributed by atoms with Crippen LogP contribution in [0, 0.1) is 6.92 Å². The Morgan fingerprint density at radius 1 is 0.917 bits per heavy atom. The van der Waals surface area contributed by atoms with E-state index in [1.165, 1.54) is 16.2 Å². The molecule has 118 valence electrons. The fourth-order valence-corrected chi connectivity index (χ4v) is 3.84. The van der Waals surface area contributed by atoms with Crippen LogP contribution in [0.5, 0.6) is 0 Å². The van der Waals surface area contributed by atoms with Crippen molar-refractivity contribution in [1.29, 1.82) is 0 Å². The maximum absolute atomic E-state index is 12.5. The third kappa shape index (κ3) is 2.34. The molecule has 4 nitrogen and oxygen atoms in total. The summed E-state index contributed by atoms with van der Waals surface area (Å²) in [6.45, 7) is 2.22. The summed E-state index contributed by atoms with van der Waals surface area (Å²) >= 11 is 1.52. The van der Waals surface area contributed by atoms with E-state index in [0.717, 1.165) is 21.1 Å². The van der Waals surface area contributed by atoms with Crippen molar-refractivity contribution >= 4 is 23.2 Å². The fourth-order valence-electron chi connectivity index (χ4n) is 2.90. The molecule has 1 aromatic heterocycles. The molecular formula is C19H14N2O2S. The first-order chi connectivity index (χ1) is 11.6. The van der Waals surface area contributed by atoms with E-state index in [1.807, 2.05) is 37.3 Å². The molecule has 0 bridgehead atoms. The van der Waals surface area contributed by atoms with Gasteiger partial charge in [0.25, 0.3) is 11.8 Å². The summed E-state index contributed by atoms with van der Waals surface area (Å²) in [6.07, 6.45) is 0. The van der Waals surface area contributed by atoms with Crippen molar-refractivity contribution in [2.45, 2.75) is 13.5 Å². The van der Waals surface area contributed by atoms with E-state index >= 15 is 0 Å². The second kappa shape index (κ2) is 5.69. The minimum absolute atomic E-state index is 0.213. The Morgan fingerprint density at radius 2 is 1.50 bits per heavy atom. The molecule has 0 radical (unpaired) electrons. The normalized spacial score (nSPS) is 13.5. The molecule has 5 heteroatoms. The maximum Gasteiger partial charge on any atom is 0.261 e. The summed E-state index contributed by atoms with van der Waals surface area (Å²) < 4.78 is 0. The second-order valence-corrected chi connectivity index (χ2v) is 6.91. The topological polar surface area (TPSA) is 50.3 Å². The molecule has 0 N–H and O–H groups in total. The molecular weight excluding hydrogens is 320 g/mol. The first-order valence-corrected chi connectivity index (χ1v) is 8.44. The van der Waals surface area contributed by atoms with Crippen LogP contribution >= 0.6 is 11.3 Å². The highest BCUT2D eigenvalue weighted by molar-refractivity contribution is 7.12. The van der Waals surface area contributed by atoms with Gasteiger partial charge < -0.3 is 0 Å². The van der Waals surface area contributed by atoms with E-state index in [4.69, 9.17) is 0 Å². The highest BCUT2D eigenvalue weighted by atomic mass is 32.1. The molecule has 2 heterocycles. The highest BCUT2D eigenvalue weighted by Crippen LogP contribution is 2.30. The zero-order chi connectivity index (χ0) is 16.7. The summed E-state index contributed by atoms with van der Waals surface area (Å²) in [5.74, 6) is -0.491. The number of imide groups is 1. The number of aromatic nitrogens is 1. The predicted octanol–water partition coefficient (Wildman–Crippen LogP) is 3.91. The predicted molar refractivity (Wildman–Crippen MR) is 92.9 cm³/mol. The van der Waals surface area contributed by atoms with Crippen molar-refractivity contribution in [3.8, 4) is 11.3 Å². The van der Waals surface area contributed by atoms with Crippen LogP contribution in [0.1, 0.15) is 30.6 Å². The summed E-state index contributed by atoms with van der Waals surface area (Å²) in [5.41, 5.74) is 2.89. The lowest BCUT2D eigenvalue weighted by atomic mass is 10.1. The Bertz CT molecular complexity index is 912. The van der Waals surface area contributed by atoms with Gasteiger partial charge in [-0.2, -0.15) is 0 Å². The average Bonchev–Trinajstić information content (AvgIpc) is 3.09. The largest absolute Gasteiger partial charge is 0.269 e. The zero-order valence-electron chi connectivity index (χ0n) is 13.0. The molecule has 1 aliphatic rings. The standard InChI is InChI=1S/C19H14N2O2S/c1-12-17(13-7-3-2-4-8-13)20-16(24-12)11-21-18(22)14-9-5-6-10-15(14)19(21)23/h2-10H,11H2,1H3. The average molecular weight is 334 g/mol. The van der Waals surface area contributed by atoms with Crippen molar-refractivity contribution in [2.24, 2.45) is 0 Å². The maximum atomic E-state index is 12.5. The van der Waals surface area contributed by atoms with Crippen LogP contribution in [-0.2, 0) is 6.54 Å². The Balaban J connectivity index is 1.64. The Labute approximate surface area is 143 Å². The van der Waals surface area contributed by atoms with Gasteiger partial charge in [-0.25, -0.2) is 4.98 Å². The van der Waals surface area contributed by atoms with E-state index in [1.54, 1.807) is 24.3 Å². The molecule has 2 amide bonds. The van der Waals surface area contributed by atoms with Gasteiger partial charge in [-0.15, -0.1) is 11.3 Å². The molecule has 0 unspecified atom stereocenters. The fraction of sp³-hybridized carbons (Fsp3) is 0.105. The quantitative estimate of drug-likeness (QED) is 0.682. The van der Waals surface area contributed by atoms with Crippen LogP contribution in [0.15, 0.2) is 54.6 Å². The number of aryl methyl sites for hydroxylation is 1. The summed E-state index contributed by atoms with van der Waals surface area (Å²) in [6, 6.07) is 16.8. The number of thiazole rings is 1. The monoisotopic (exact) mass is 334 g/mol. The smallest absolute Gasteiger partial charge is 0.261 e. The van der Waals surface area contributed by atoms with Crippen molar-refractivity contribution in [3.05, 3.63) is 75.6 Å². The third-order valence-corrected chi connectivity index (χ3v) is 5.02.